The van der Waals surface area contributed by atoms with Crippen molar-refractivity contribution in [1.29, 1.82) is 0 Å². The van der Waals surface area contributed by atoms with Crippen molar-refractivity contribution in [2.75, 3.05) is 4.72 Å². The molecule has 0 aliphatic rings. The predicted molar refractivity (Wildman–Crippen MR) is 79.9 cm³/mol. The molecule has 8 heteroatoms. The summed E-state index contributed by atoms with van der Waals surface area (Å²) in [6.45, 7) is 2.38. The molecular formula is C12H16N4O2S2. The topological polar surface area (TPSA) is 98.0 Å². The van der Waals surface area contributed by atoms with Crippen molar-refractivity contribution in [3.05, 3.63) is 40.4 Å². The first-order valence-corrected chi connectivity index (χ1v) is 8.60. The summed E-state index contributed by atoms with van der Waals surface area (Å²) < 4.78 is 26.5. The van der Waals surface area contributed by atoms with E-state index in [-0.39, 0.29) is 5.75 Å². The number of hydrogen-bond donors (Lipinski definition) is 2. The lowest BCUT2D eigenvalue weighted by atomic mass is 10.1. The molecule has 1 heterocycles. The van der Waals surface area contributed by atoms with E-state index in [0.29, 0.717) is 17.2 Å². The monoisotopic (exact) mass is 312 g/mol. The Morgan fingerprint density at radius 2 is 1.85 bits per heavy atom. The summed E-state index contributed by atoms with van der Waals surface area (Å²) in [6.07, 6.45) is 0.736. The normalized spacial score (nSPS) is 11.5. The minimum absolute atomic E-state index is 0.0983. The van der Waals surface area contributed by atoms with Crippen molar-refractivity contribution in [3.8, 4) is 0 Å². The number of sulfonamides is 1. The Hall–Kier alpha value is -1.51. The Kier molecular flexibility index (Phi) is 4.69. The summed E-state index contributed by atoms with van der Waals surface area (Å²) >= 11 is 1.25. The van der Waals surface area contributed by atoms with Gasteiger partial charge in [0.25, 0.3) is 0 Å². The summed E-state index contributed by atoms with van der Waals surface area (Å²) in [7, 11) is -3.48. The van der Waals surface area contributed by atoms with Gasteiger partial charge in [-0.15, -0.1) is 10.2 Å². The average molecular weight is 312 g/mol. The lowest BCUT2D eigenvalue weighted by Crippen LogP contribution is -2.15. The summed E-state index contributed by atoms with van der Waals surface area (Å²) in [5, 5.41) is 8.79. The summed E-state index contributed by atoms with van der Waals surface area (Å²) in [5.74, 6) is -0.0983. The maximum Gasteiger partial charge on any atom is 0.238 e. The molecule has 0 aliphatic heterocycles. The molecule has 0 fully saturated rings. The molecular weight excluding hydrogens is 296 g/mol. The van der Waals surface area contributed by atoms with Crippen LogP contribution in [0.4, 0.5) is 5.13 Å². The maximum absolute atomic E-state index is 12.0. The van der Waals surface area contributed by atoms with Crippen molar-refractivity contribution >= 4 is 26.5 Å². The molecule has 0 aliphatic carbocycles. The molecule has 0 bridgehead atoms. The molecule has 0 saturated heterocycles. The van der Waals surface area contributed by atoms with E-state index in [1.807, 2.05) is 19.1 Å². The van der Waals surface area contributed by atoms with Crippen LogP contribution in [0.15, 0.2) is 24.3 Å². The van der Waals surface area contributed by atoms with Crippen molar-refractivity contribution in [1.82, 2.24) is 10.2 Å². The lowest BCUT2D eigenvalue weighted by molar-refractivity contribution is 0.600. The second kappa shape index (κ2) is 6.29. The highest BCUT2D eigenvalue weighted by Crippen LogP contribution is 2.18. The Morgan fingerprint density at radius 1 is 1.20 bits per heavy atom. The van der Waals surface area contributed by atoms with Gasteiger partial charge in [0.15, 0.2) is 0 Å². The van der Waals surface area contributed by atoms with E-state index in [1.165, 1.54) is 11.3 Å². The van der Waals surface area contributed by atoms with Crippen LogP contribution in [0, 0.1) is 0 Å². The number of aromatic nitrogens is 2. The Balaban J connectivity index is 2.06. The van der Waals surface area contributed by atoms with Gasteiger partial charge in [-0.1, -0.05) is 42.5 Å². The number of rotatable bonds is 6. The number of benzene rings is 1. The molecule has 3 N–H and O–H groups in total. The molecule has 6 nitrogen and oxygen atoms in total. The number of nitrogens with one attached hydrogen (secondary N) is 1. The standard InChI is InChI=1S/C12H16N4O2S2/c1-2-11-14-15-12(19-11)16-20(17,18)8-10-5-3-9(7-13)4-6-10/h3-6H,2,7-8,13H2,1H3,(H,15,16). The minimum Gasteiger partial charge on any atom is -0.326 e. The second-order valence-electron chi connectivity index (χ2n) is 4.24. The minimum atomic E-state index is -3.48. The molecule has 20 heavy (non-hydrogen) atoms. The smallest absolute Gasteiger partial charge is 0.238 e. The third-order valence-electron chi connectivity index (χ3n) is 2.63. The van der Waals surface area contributed by atoms with Crippen LogP contribution in [-0.2, 0) is 28.7 Å². The number of hydrogen-bond acceptors (Lipinski definition) is 6. The molecule has 108 valence electrons. The fourth-order valence-electron chi connectivity index (χ4n) is 1.60. The lowest BCUT2D eigenvalue weighted by Gasteiger charge is -2.05. The quantitative estimate of drug-likeness (QED) is 0.842. The van der Waals surface area contributed by atoms with E-state index < -0.39 is 10.0 Å². The Bertz CT molecular complexity index is 665. The number of anilines is 1. The van der Waals surface area contributed by atoms with Gasteiger partial charge in [0, 0.05) is 6.54 Å². The number of aryl methyl sites for hydroxylation is 1. The average Bonchev–Trinajstić information content (AvgIpc) is 2.86. The van der Waals surface area contributed by atoms with E-state index in [4.69, 9.17) is 5.73 Å². The van der Waals surface area contributed by atoms with Gasteiger partial charge >= 0.3 is 0 Å². The number of nitrogens with zero attached hydrogens (tertiary/aromatic N) is 2. The highest BCUT2D eigenvalue weighted by Gasteiger charge is 2.14. The van der Waals surface area contributed by atoms with Crippen molar-refractivity contribution in [2.24, 2.45) is 5.73 Å². The molecule has 2 rings (SSSR count). The van der Waals surface area contributed by atoms with E-state index in [1.54, 1.807) is 12.1 Å². The molecule has 2 aromatic rings. The van der Waals surface area contributed by atoms with E-state index in [9.17, 15) is 8.42 Å². The van der Waals surface area contributed by atoms with E-state index in [2.05, 4.69) is 14.9 Å². The van der Waals surface area contributed by atoms with Crippen LogP contribution >= 0.6 is 11.3 Å². The summed E-state index contributed by atoms with van der Waals surface area (Å²) in [4.78, 5) is 0. The fraction of sp³-hybridized carbons (Fsp3) is 0.333. The van der Waals surface area contributed by atoms with Crippen LogP contribution in [0.2, 0.25) is 0 Å². The van der Waals surface area contributed by atoms with Gasteiger partial charge in [0.2, 0.25) is 15.2 Å². The second-order valence-corrected chi connectivity index (χ2v) is 7.02. The zero-order valence-electron chi connectivity index (χ0n) is 11.0. The van der Waals surface area contributed by atoms with Crippen molar-refractivity contribution in [3.63, 3.8) is 0 Å². The Morgan fingerprint density at radius 3 is 2.40 bits per heavy atom. The molecule has 0 unspecified atom stereocenters. The van der Waals surface area contributed by atoms with E-state index in [0.717, 1.165) is 17.0 Å². The highest BCUT2D eigenvalue weighted by molar-refractivity contribution is 7.92. The number of nitrogens with two attached hydrogens (primary N) is 1. The van der Waals surface area contributed by atoms with Gasteiger partial charge in [-0.2, -0.15) is 0 Å². The summed E-state index contributed by atoms with van der Waals surface area (Å²) in [5.41, 5.74) is 7.17. The van der Waals surface area contributed by atoms with Gasteiger partial charge in [-0.3, -0.25) is 4.72 Å². The summed E-state index contributed by atoms with van der Waals surface area (Å²) in [6, 6.07) is 7.17. The van der Waals surface area contributed by atoms with Gasteiger partial charge in [-0.25, -0.2) is 8.42 Å². The Labute approximate surface area is 122 Å². The fourth-order valence-corrected chi connectivity index (χ4v) is 3.69. The van der Waals surface area contributed by atoms with Gasteiger partial charge in [0.05, 0.1) is 5.75 Å². The molecule has 1 aromatic heterocycles. The van der Waals surface area contributed by atoms with Crippen LogP contribution in [0.25, 0.3) is 0 Å². The van der Waals surface area contributed by atoms with Crippen LogP contribution in [0.5, 0.6) is 0 Å². The van der Waals surface area contributed by atoms with Gasteiger partial charge < -0.3 is 5.73 Å². The van der Waals surface area contributed by atoms with Crippen LogP contribution < -0.4 is 10.5 Å². The first-order chi connectivity index (χ1) is 9.52. The molecule has 0 atom stereocenters. The maximum atomic E-state index is 12.0. The van der Waals surface area contributed by atoms with Crippen LogP contribution in [0.3, 0.4) is 0 Å². The zero-order chi connectivity index (χ0) is 14.6. The predicted octanol–water partition coefficient (Wildman–Crippen LogP) is 1.50. The molecule has 0 saturated carbocycles. The van der Waals surface area contributed by atoms with Gasteiger partial charge in [-0.05, 0) is 17.5 Å². The highest BCUT2D eigenvalue weighted by atomic mass is 32.2. The van der Waals surface area contributed by atoms with Crippen LogP contribution in [0.1, 0.15) is 23.1 Å². The van der Waals surface area contributed by atoms with Crippen molar-refractivity contribution < 1.29 is 8.42 Å². The van der Waals surface area contributed by atoms with Crippen molar-refractivity contribution in [2.45, 2.75) is 25.6 Å². The first kappa shape index (κ1) is 14.9. The molecule has 1 aromatic carbocycles. The molecule has 0 spiro atoms. The van der Waals surface area contributed by atoms with Crippen LogP contribution in [-0.4, -0.2) is 18.6 Å². The van der Waals surface area contributed by atoms with Gasteiger partial charge in [0.1, 0.15) is 5.01 Å². The first-order valence-electron chi connectivity index (χ1n) is 6.13. The third-order valence-corrected chi connectivity index (χ3v) is 4.96. The SMILES string of the molecule is CCc1nnc(NS(=O)(=O)Cc2ccc(CN)cc2)s1. The molecule has 0 radical (unpaired) electrons. The molecule has 0 amide bonds. The third kappa shape index (κ3) is 3.99. The zero-order valence-corrected chi connectivity index (χ0v) is 12.7. The van der Waals surface area contributed by atoms with E-state index >= 15 is 0 Å². The largest absolute Gasteiger partial charge is 0.326 e.